The van der Waals surface area contributed by atoms with E-state index in [4.69, 9.17) is 0 Å². The molecule has 2 fully saturated rings. The fourth-order valence-electron chi connectivity index (χ4n) is 3.23. The predicted molar refractivity (Wildman–Crippen MR) is 87.3 cm³/mol. The topological polar surface area (TPSA) is 64.1 Å². The summed E-state index contributed by atoms with van der Waals surface area (Å²) in [6.07, 6.45) is 1.67. The van der Waals surface area contributed by atoms with Crippen molar-refractivity contribution in [1.29, 1.82) is 0 Å². The van der Waals surface area contributed by atoms with Crippen LogP contribution in [0.5, 0.6) is 5.75 Å². The number of carbonyl (C=O) groups excluding carboxylic acids is 2. The van der Waals surface area contributed by atoms with Crippen LogP contribution in [-0.2, 0) is 9.59 Å². The van der Waals surface area contributed by atoms with E-state index in [1.807, 2.05) is 18.2 Å². The number of benzene rings is 1. The summed E-state index contributed by atoms with van der Waals surface area (Å²) in [5.41, 5.74) is 0.869. The minimum Gasteiger partial charge on any atom is -0.506 e. The van der Waals surface area contributed by atoms with Gasteiger partial charge in [0.1, 0.15) is 5.75 Å². The number of amides is 2. The van der Waals surface area contributed by atoms with Crippen LogP contribution in [0.15, 0.2) is 24.3 Å². The van der Waals surface area contributed by atoms with Gasteiger partial charge < -0.3 is 10.0 Å². The summed E-state index contributed by atoms with van der Waals surface area (Å²) >= 11 is 0. The number of aromatic hydroxyl groups is 1. The maximum absolute atomic E-state index is 11.8. The van der Waals surface area contributed by atoms with Gasteiger partial charge in [-0.3, -0.25) is 19.4 Å². The number of carbonyl (C=O) groups is 2. The maximum atomic E-state index is 11.8. The molecule has 6 nitrogen and oxygen atoms in total. The highest BCUT2D eigenvalue weighted by molar-refractivity contribution is 5.97. The van der Waals surface area contributed by atoms with Gasteiger partial charge >= 0.3 is 0 Å². The van der Waals surface area contributed by atoms with Crippen LogP contribution >= 0.6 is 0 Å². The van der Waals surface area contributed by atoms with Gasteiger partial charge in [0.25, 0.3) is 0 Å². The second kappa shape index (κ2) is 7.00. The van der Waals surface area contributed by atoms with Crippen molar-refractivity contribution in [1.82, 2.24) is 9.80 Å². The van der Waals surface area contributed by atoms with Gasteiger partial charge in [-0.05, 0) is 18.6 Å². The number of piperazine rings is 1. The van der Waals surface area contributed by atoms with Gasteiger partial charge in [-0.2, -0.15) is 0 Å². The van der Waals surface area contributed by atoms with Crippen LogP contribution in [0.1, 0.15) is 19.3 Å². The lowest BCUT2D eigenvalue weighted by Gasteiger charge is -2.37. The summed E-state index contributed by atoms with van der Waals surface area (Å²) in [6, 6.07) is 7.38. The molecule has 0 bridgehead atoms. The Hall–Kier alpha value is -2.08. The Morgan fingerprint density at radius 3 is 2.22 bits per heavy atom. The standard InChI is InChI=1S/C17H23N3O3/c21-15-5-2-1-4-14(15)19-11-8-18(9-12-19)10-13-20-16(22)6-3-7-17(20)23/h1-2,4-5,21H,3,6-13H2. The highest BCUT2D eigenvalue weighted by Gasteiger charge is 2.26. The molecule has 0 aliphatic carbocycles. The number of rotatable bonds is 4. The first-order chi connectivity index (χ1) is 11.1. The van der Waals surface area contributed by atoms with Crippen molar-refractivity contribution in [2.75, 3.05) is 44.2 Å². The van der Waals surface area contributed by atoms with Gasteiger partial charge in [0.15, 0.2) is 0 Å². The number of phenols is 1. The van der Waals surface area contributed by atoms with E-state index in [0.717, 1.165) is 38.4 Å². The fourth-order valence-corrected chi connectivity index (χ4v) is 3.23. The van der Waals surface area contributed by atoms with Crippen molar-refractivity contribution in [3.05, 3.63) is 24.3 Å². The van der Waals surface area contributed by atoms with E-state index < -0.39 is 0 Å². The molecule has 0 saturated carbocycles. The summed E-state index contributed by atoms with van der Waals surface area (Å²) in [7, 11) is 0. The normalized spacial score (nSPS) is 20.2. The molecule has 124 valence electrons. The first-order valence-corrected chi connectivity index (χ1v) is 8.23. The molecular formula is C17H23N3O3. The molecule has 0 radical (unpaired) electrons. The Balaban J connectivity index is 1.49. The number of anilines is 1. The van der Waals surface area contributed by atoms with Gasteiger partial charge in [0.05, 0.1) is 5.69 Å². The average Bonchev–Trinajstić information content (AvgIpc) is 2.56. The van der Waals surface area contributed by atoms with E-state index in [0.29, 0.717) is 31.6 Å². The number of nitrogens with zero attached hydrogens (tertiary/aromatic N) is 3. The predicted octanol–water partition coefficient (Wildman–Crippen LogP) is 1.05. The lowest BCUT2D eigenvalue weighted by molar-refractivity contribution is -0.148. The summed E-state index contributed by atoms with van der Waals surface area (Å²) < 4.78 is 0. The second-order valence-electron chi connectivity index (χ2n) is 6.11. The smallest absolute Gasteiger partial charge is 0.229 e. The molecule has 0 spiro atoms. The SMILES string of the molecule is O=C1CCCC(=O)N1CCN1CCN(c2ccccc2O)CC1. The Morgan fingerprint density at radius 1 is 0.913 bits per heavy atom. The number of para-hydroxylation sites is 2. The Morgan fingerprint density at radius 2 is 1.57 bits per heavy atom. The Bertz CT molecular complexity index is 566. The third kappa shape index (κ3) is 3.64. The van der Waals surface area contributed by atoms with Crippen molar-refractivity contribution >= 4 is 17.5 Å². The zero-order valence-corrected chi connectivity index (χ0v) is 13.3. The van der Waals surface area contributed by atoms with Crippen molar-refractivity contribution in [3.63, 3.8) is 0 Å². The molecule has 1 aromatic carbocycles. The number of hydrogen-bond acceptors (Lipinski definition) is 5. The largest absolute Gasteiger partial charge is 0.506 e. The molecule has 0 aromatic heterocycles. The number of imide groups is 1. The van der Waals surface area contributed by atoms with Gasteiger partial charge in [0.2, 0.25) is 11.8 Å². The number of hydrogen-bond donors (Lipinski definition) is 1. The maximum Gasteiger partial charge on any atom is 0.229 e. The summed E-state index contributed by atoms with van der Waals surface area (Å²) in [6.45, 7) is 4.62. The van der Waals surface area contributed by atoms with Crippen LogP contribution < -0.4 is 4.90 Å². The minimum absolute atomic E-state index is 0.0332. The molecule has 0 atom stereocenters. The molecular weight excluding hydrogens is 294 g/mol. The molecule has 3 rings (SSSR count). The molecule has 2 aliphatic heterocycles. The van der Waals surface area contributed by atoms with Crippen LogP contribution in [0.4, 0.5) is 5.69 Å². The monoisotopic (exact) mass is 317 g/mol. The highest BCUT2D eigenvalue weighted by atomic mass is 16.3. The third-order valence-electron chi connectivity index (χ3n) is 4.62. The van der Waals surface area contributed by atoms with E-state index in [-0.39, 0.29) is 11.8 Å². The fraction of sp³-hybridized carbons (Fsp3) is 0.529. The lowest BCUT2D eigenvalue weighted by Crippen LogP contribution is -2.50. The summed E-state index contributed by atoms with van der Waals surface area (Å²) in [4.78, 5) is 29.5. The van der Waals surface area contributed by atoms with Crippen molar-refractivity contribution in [2.45, 2.75) is 19.3 Å². The van der Waals surface area contributed by atoms with Crippen LogP contribution in [0, 0.1) is 0 Å². The zero-order valence-electron chi connectivity index (χ0n) is 13.3. The Kier molecular flexibility index (Phi) is 4.81. The number of phenolic OH excluding ortho intramolecular Hbond substituents is 1. The average molecular weight is 317 g/mol. The van der Waals surface area contributed by atoms with Crippen molar-refractivity contribution in [3.8, 4) is 5.75 Å². The van der Waals surface area contributed by atoms with Gasteiger partial charge in [-0.25, -0.2) is 0 Å². The van der Waals surface area contributed by atoms with E-state index >= 15 is 0 Å². The van der Waals surface area contributed by atoms with Crippen LogP contribution in [0.3, 0.4) is 0 Å². The highest BCUT2D eigenvalue weighted by Crippen LogP contribution is 2.27. The van der Waals surface area contributed by atoms with Crippen LogP contribution in [-0.4, -0.2) is 66.0 Å². The first-order valence-electron chi connectivity index (χ1n) is 8.23. The van der Waals surface area contributed by atoms with Gasteiger partial charge in [0, 0.05) is 52.1 Å². The Labute approximate surface area is 136 Å². The minimum atomic E-state index is -0.0332. The van der Waals surface area contributed by atoms with Gasteiger partial charge in [-0.1, -0.05) is 12.1 Å². The van der Waals surface area contributed by atoms with Crippen molar-refractivity contribution in [2.24, 2.45) is 0 Å². The van der Waals surface area contributed by atoms with E-state index in [9.17, 15) is 14.7 Å². The molecule has 6 heteroatoms. The lowest BCUT2D eigenvalue weighted by atomic mass is 10.1. The molecule has 0 unspecified atom stereocenters. The van der Waals surface area contributed by atoms with E-state index in [2.05, 4.69) is 9.80 Å². The molecule has 2 amide bonds. The quantitative estimate of drug-likeness (QED) is 0.841. The number of likely N-dealkylation sites (tertiary alicyclic amines) is 1. The van der Waals surface area contributed by atoms with Crippen LogP contribution in [0.2, 0.25) is 0 Å². The first kappa shape index (κ1) is 15.8. The molecule has 23 heavy (non-hydrogen) atoms. The molecule has 1 N–H and O–H groups in total. The molecule has 2 aliphatic rings. The molecule has 1 aromatic rings. The van der Waals surface area contributed by atoms with Gasteiger partial charge in [-0.15, -0.1) is 0 Å². The van der Waals surface area contributed by atoms with Crippen LogP contribution in [0.25, 0.3) is 0 Å². The van der Waals surface area contributed by atoms with Crippen molar-refractivity contribution < 1.29 is 14.7 Å². The number of piperidine rings is 1. The second-order valence-corrected chi connectivity index (χ2v) is 6.11. The van der Waals surface area contributed by atoms with E-state index in [1.54, 1.807) is 6.07 Å². The zero-order chi connectivity index (χ0) is 16.2. The summed E-state index contributed by atoms with van der Waals surface area (Å²) in [5, 5.41) is 9.92. The summed E-state index contributed by atoms with van der Waals surface area (Å²) in [5.74, 6) is 0.244. The third-order valence-corrected chi connectivity index (χ3v) is 4.62. The van der Waals surface area contributed by atoms with E-state index in [1.165, 1.54) is 4.90 Å². The molecule has 2 saturated heterocycles. The molecule has 2 heterocycles.